The molecule has 5 heteroatoms. The van der Waals surface area contributed by atoms with Gasteiger partial charge in [-0.25, -0.2) is 4.39 Å². The van der Waals surface area contributed by atoms with Crippen molar-refractivity contribution in [2.24, 2.45) is 5.92 Å². The van der Waals surface area contributed by atoms with Crippen molar-refractivity contribution in [2.75, 3.05) is 13.1 Å². The number of aromatic nitrogens is 1. The lowest BCUT2D eigenvalue weighted by Crippen LogP contribution is -2.48. The molecule has 2 heterocycles. The van der Waals surface area contributed by atoms with E-state index < -0.39 is 5.67 Å². The maximum absolute atomic E-state index is 14.0. The predicted octanol–water partition coefficient (Wildman–Crippen LogP) is 6.20. The van der Waals surface area contributed by atoms with Crippen LogP contribution in [0, 0.1) is 5.92 Å². The first kappa shape index (κ1) is 19.6. The highest BCUT2D eigenvalue weighted by Gasteiger charge is 2.39. The van der Waals surface area contributed by atoms with Crippen molar-refractivity contribution in [3.63, 3.8) is 0 Å². The molecule has 29 heavy (non-hydrogen) atoms. The molecule has 0 amide bonds. The number of carbonyl (C=O) groups excluding carboxylic acids is 1. The molecule has 2 saturated carbocycles. The number of Topliss-reactive ketones (excluding diaryl/α,β-unsaturated/α-hetero) is 1. The molecule has 3 fully saturated rings. The van der Waals surface area contributed by atoms with Crippen molar-refractivity contribution in [2.45, 2.75) is 76.0 Å². The van der Waals surface area contributed by atoms with Gasteiger partial charge in [-0.05, 0) is 69.9 Å². The van der Waals surface area contributed by atoms with E-state index in [-0.39, 0.29) is 5.78 Å². The third-order valence-corrected chi connectivity index (χ3v) is 7.70. The summed E-state index contributed by atoms with van der Waals surface area (Å²) < 4.78 is 16.3. The van der Waals surface area contributed by atoms with Crippen molar-refractivity contribution in [1.82, 2.24) is 9.47 Å². The van der Waals surface area contributed by atoms with Crippen molar-refractivity contribution in [3.8, 4) is 0 Å². The molecule has 0 N–H and O–H groups in total. The van der Waals surface area contributed by atoms with Crippen LogP contribution in [0.5, 0.6) is 0 Å². The van der Waals surface area contributed by atoms with Gasteiger partial charge in [-0.1, -0.05) is 17.7 Å². The minimum atomic E-state index is -1.02. The van der Waals surface area contributed by atoms with Crippen LogP contribution in [0.25, 0.3) is 10.9 Å². The van der Waals surface area contributed by atoms with Crippen molar-refractivity contribution in [1.29, 1.82) is 0 Å². The molecule has 0 spiro atoms. The smallest absolute Gasteiger partial charge is 0.165 e. The zero-order chi connectivity index (χ0) is 20.2. The van der Waals surface area contributed by atoms with Crippen LogP contribution in [-0.2, 0) is 0 Å². The Labute approximate surface area is 177 Å². The Morgan fingerprint density at radius 1 is 1.17 bits per heavy atom. The second kappa shape index (κ2) is 7.39. The third-order valence-electron chi connectivity index (χ3n) is 7.38. The summed E-state index contributed by atoms with van der Waals surface area (Å²) in [5, 5.41) is 1.57. The summed E-state index contributed by atoms with van der Waals surface area (Å²) >= 11 is 6.54. The highest BCUT2D eigenvalue weighted by molar-refractivity contribution is 6.37. The van der Waals surface area contributed by atoms with Gasteiger partial charge in [-0.15, -0.1) is 0 Å². The van der Waals surface area contributed by atoms with Crippen molar-refractivity contribution < 1.29 is 9.18 Å². The SMILES string of the molecule is CC1(F)CCC(CCC(=O)c2cn(C3CN(C4CC4)C3)c3cccc(Cl)c23)CC1. The number of halogens is 2. The van der Waals surface area contributed by atoms with Gasteiger partial charge in [-0.2, -0.15) is 0 Å². The summed E-state index contributed by atoms with van der Waals surface area (Å²) in [6.45, 7) is 3.84. The lowest BCUT2D eigenvalue weighted by atomic mass is 9.79. The Morgan fingerprint density at radius 2 is 1.90 bits per heavy atom. The number of fused-ring (bicyclic) bond motifs is 1. The van der Waals surface area contributed by atoms with Crippen LogP contribution in [0.3, 0.4) is 0 Å². The van der Waals surface area contributed by atoms with Crippen LogP contribution in [0.4, 0.5) is 4.39 Å². The Hall–Kier alpha value is -1.39. The number of hydrogen-bond donors (Lipinski definition) is 0. The van der Waals surface area contributed by atoms with E-state index in [0.29, 0.717) is 36.2 Å². The summed E-state index contributed by atoms with van der Waals surface area (Å²) in [6.07, 6.45) is 9.11. The first-order chi connectivity index (χ1) is 13.9. The topological polar surface area (TPSA) is 25.2 Å². The summed E-state index contributed by atoms with van der Waals surface area (Å²) in [5.74, 6) is 0.638. The van der Waals surface area contributed by atoms with Gasteiger partial charge in [0.2, 0.25) is 0 Å². The maximum Gasteiger partial charge on any atom is 0.165 e. The third kappa shape index (κ3) is 3.86. The van der Waals surface area contributed by atoms with Gasteiger partial charge < -0.3 is 4.57 Å². The van der Waals surface area contributed by atoms with E-state index in [1.54, 1.807) is 6.92 Å². The fraction of sp³-hybridized carbons (Fsp3) is 0.625. The van der Waals surface area contributed by atoms with E-state index in [2.05, 4.69) is 15.5 Å². The summed E-state index contributed by atoms with van der Waals surface area (Å²) in [5.41, 5.74) is 0.826. The molecule has 1 aliphatic heterocycles. The van der Waals surface area contributed by atoms with E-state index in [0.717, 1.165) is 54.9 Å². The van der Waals surface area contributed by atoms with Gasteiger partial charge in [0.1, 0.15) is 5.67 Å². The molecule has 0 unspecified atom stereocenters. The molecule has 1 saturated heterocycles. The quantitative estimate of drug-likeness (QED) is 0.524. The summed E-state index contributed by atoms with van der Waals surface area (Å²) in [4.78, 5) is 15.7. The van der Waals surface area contributed by atoms with Gasteiger partial charge in [0.25, 0.3) is 0 Å². The highest BCUT2D eigenvalue weighted by Crippen LogP contribution is 2.40. The van der Waals surface area contributed by atoms with Gasteiger partial charge in [0.15, 0.2) is 5.78 Å². The van der Waals surface area contributed by atoms with Crippen LogP contribution in [-0.4, -0.2) is 40.1 Å². The molecule has 0 atom stereocenters. The highest BCUT2D eigenvalue weighted by atomic mass is 35.5. The lowest BCUT2D eigenvalue weighted by molar-refractivity contribution is 0.0903. The minimum Gasteiger partial charge on any atom is -0.341 e. The summed E-state index contributed by atoms with van der Waals surface area (Å²) in [7, 11) is 0. The Morgan fingerprint density at radius 3 is 2.59 bits per heavy atom. The average Bonchev–Trinajstić information content (AvgIpc) is 3.40. The monoisotopic (exact) mass is 416 g/mol. The number of likely N-dealkylation sites (tertiary alicyclic amines) is 1. The summed E-state index contributed by atoms with van der Waals surface area (Å²) in [6, 6.07) is 7.16. The predicted molar refractivity (Wildman–Crippen MR) is 116 cm³/mol. The number of rotatable bonds is 6. The number of ketones is 1. The standard InChI is InChI=1S/C24H30ClFN2O/c1-24(26)11-9-16(10-12-24)5-8-22(29)19-15-28(18-13-27(14-18)17-6-7-17)21-4-2-3-20(25)23(19)21/h2-4,15-18H,5-14H2,1H3. The molecular weight excluding hydrogens is 387 g/mol. The van der Waals surface area contributed by atoms with Crippen LogP contribution < -0.4 is 0 Å². The molecule has 1 aromatic carbocycles. The van der Waals surface area contributed by atoms with E-state index in [1.165, 1.54) is 12.8 Å². The van der Waals surface area contributed by atoms with Gasteiger partial charge in [0, 0.05) is 42.7 Å². The molecular formula is C24H30ClFN2O. The molecule has 0 bridgehead atoms. The largest absolute Gasteiger partial charge is 0.341 e. The first-order valence-corrected chi connectivity index (χ1v) is 11.5. The number of hydrogen-bond acceptors (Lipinski definition) is 2. The van der Waals surface area contributed by atoms with Gasteiger partial charge in [-0.3, -0.25) is 9.69 Å². The van der Waals surface area contributed by atoms with E-state index in [9.17, 15) is 9.18 Å². The molecule has 2 aliphatic carbocycles. The number of nitrogens with zero attached hydrogens (tertiary/aromatic N) is 2. The van der Waals surface area contributed by atoms with E-state index >= 15 is 0 Å². The molecule has 1 aromatic heterocycles. The minimum absolute atomic E-state index is 0.175. The van der Waals surface area contributed by atoms with Crippen LogP contribution in [0.15, 0.2) is 24.4 Å². The van der Waals surface area contributed by atoms with Crippen LogP contribution in [0.1, 0.15) is 74.7 Å². The van der Waals surface area contributed by atoms with Crippen LogP contribution in [0.2, 0.25) is 5.02 Å². The number of carbonyl (C=O) groups is 1. The molecule has 2 aromatic rings. The maximum atomic E-state index is 14.0. The Kier molecular flexibility index (Phi) is 4.98. The fourth-order valence-corrected chi connectivity index (χ4v) is 5.49. The van der Waals surface area contributed by atoms with Gasteiger partial charge in [0.05, 0.1) is 16.6 Å². The first-order valence-electron chi connectivity index (χ1n) is 11.2. The van der Waals surface area contributed by atoms with Crippen molar-refractivity contribution >= 4 is 28.3 Å². The second-order valence-corrected chi connectivity index (χ2v) is 10.1. The molecule has 3 aliphatic rings. The van der Waals surface area contributed by atoms with Gasteiger partial charge >= 0.3 is 0 Å². The molecule has 0 radical (unpaired) electrons. The zero-order valence-corrected chi connectivity index (χ0v) is 17.9. The molecule has 3 nitrogen and oxygen atoms in total. The number of benzene rings is 1. The average molecular weight is 417 g/mol. The fourth-order valence-electron chi connectivity index (χ4n) is 5.22. The van der Waals surface area contributed by atoms with E-state index in [4.69, 9.17) is 11.6 Å². The number of alkyl halides is 1. The molecule has 5 rings (SSSR count). The zero-order valence-electron chi connectivity index (χ0n) is 17.2. The Bertz CT molecular complexity index is 916. The molecule has 156 valence electrons. The van der Waals surface area contributed by atoms with Crippen LogP contribution >= 0.6 is 11.6 Å². The van der Waals surface area contributed by atoms with E-state index in [1.807, 2.05) is 18.3 Å². The lowest BCUT2D eigenvalue weighted by Gasteiger charge is -2.40. The Balaban J connectivity index is 1.32. The normalized spacial score (nSPS) is 28.6. The second-order valence-electron chi connectivity index (χ2n) is 9.74. The van der Waals surface area contributed by atoms with Crippen molar-refractivity contribution in [3.05, 3.63) is 35.0 Å².